The van der Waals surface area contributed by atoms with Crippen molar-refractivity contribution in [1.29, 1.82) is 0 Å². The molecule has 50 valence electrons. The van der Waals surface area contributed by atoms with E-state index in [4.69, 9.17) is 0 Å². The summed E-state index contributed by atoms with van der Waals surface area (Å²) >= 11 is 2.43. The molecule has 0 unspecified atom stereocenters. The lowest BCUT2D eigenvalue weighted by Gasteiger charge is -2.01. The highest BCUT2D eigenvalue weighted by atomic mass is 127. The van der Waals surface area contributed by atoms with Gasteiger partial charge in [0.15, 0.2) is 0 Å². The molecule has 0 aromatic carbocycles. The number of halogens is 1. The van der Waals surface area contributed by atoms with Crippen LogP contribution >= 0.6 is 0 Å². The lowest BCUT2D eigenvalue weighted by molar-refractivity contribution is -0.199. The van der Waals surface area contributed by atoms with Crippen molar-refractivity contribution >= 4 is 11.9 Å². The molecule has 0 bridgehead atoms. The Bertz CT molecular complexity index is 79.0. The third-order valence-electron chi connectivity index (χ3n) is 1.08. The molecule has 0 fully saturated rings. The maximum Gasteiger partial charge on any atom is 0.634 e. The molecule has 0 atom stereocenters. The average molecular weight is 238 g/mol. The highest BCUT2D eigenvalue weighted by Crippen LogP contribution is 1.70. The molecule has 0 rings (SSSR count). The van der Waals surface area contributed by atoms with Gasteiger partial charge in [0.1, 0.15) is 0 Å². The first-order chi connectivity index (χ1) is 4.04. The normalized spacial score (nSPS) is 10.6. The smallest absolute Gasteiger partial charge is 0.299 e. The van der Waals surface area contributed by atoms with Crippen LogP contribution in [0.25, 0.3) is 0 Å². The summed E-state index contributed by atoms with van der Waals surface area (Å²) in [6, 6.07) is 0. The van der Waals surface area contributed by atoms with Crippen LogP contribution in [-0.2, 0) is 0 Å². The predicted octanol–water partition coefficient (Wildman–Crippen LogP) is -4.16. The Morgan fingerprint density at radius 2 is 1.89 bits per heavy atom. The molecule has 0 spiro atoms. The van der Waals surface area contributed by atoms with E-state index in [9.17, 15) is 0 Å². The van der Waals surface area contributed by atoms with Gasteiger partial charge in [-0.1, -0.05) is 0 Å². The summed E-state index contributed by atoms with van der Waals surface area (Å²) in [6.07, 6.45) is 0. The Kier molecular flexibility index (Phi) is 4.97. The van der Waals surface area contributed by atoms with Crippen LogP contribution in [0.4, 0.5) is 0 Å². The maximum atomic E-state index is 2.43. The van der Waals surface area contributed by atoms with E-state index < -0.39 is 0 Å². The summed E-state index contributed by atoms with van der Waals surface area (Å²) in [5.41, 5.74) is 0. The van der Waals surface area contributed by atoms with Crippen LogP contribution in [0, 0.1) is 0 Å². The topological polar surface area (TPSA) is 9.14 Å². The molecular weight excluding hydrogens is 225 g/mol. The van der Waals surface area contributed by atoms with Crippen LogP contribution in [0.1, 0.15) is 0 Å². The van der Waals surface area contributed by atoms with E-state index in [2.05, 4.69) is 60.2 Å². The third-order valence-corrected chi connectivity index (χ3v) is 2.58. The third kappa shape index (κ3) is 5.24. The van der Waals surface area contributed by atoms with Gasteiger partial charge in [-0.3, -0.25) is 9.62 Å². The van der Waals surface area contributed by atoms with Gasteiger partial charge in [0.05, 0.1) is 14.1 Å². The quantitative estimate of drug-likeness (QED) is 0.358. The second-order valence-corrected chi connectivity index (χ2v) is 4.10. The van der Waals surface area contributed by atoms with Crippen LogP contribution in [0.3, 0.4) is 0 Å². The van der Waals surface area contributed by atoms with Crippen molar-refractivity contribution in [3.8, 4) is 0 Å². The zero-order valence-corrected chi connectivity index (χ0v) is 8.71. The van der Waals surface area contributed by atoms with E-state index in [0.717, 1.165) is 7.31 Å². The zero-order valence-electron chi connectivity index (χ0n) is 6.56. The van der Waals surface area contributed by atoms with Crippen LogP contribution < -0.4 is 27.2 Å². The van der Waals surface area contributed by atoms with Gasteiger partial charge >= 0.3 is 34.3 Å². The van der Waals surface area contributed by atoms with Gasteiger partial charge < -0.3 is 0 Å². The predicted molar refractivity (Wildman–Crippen MR) is 40.6 cm³/mol. The largest absolute Gasteiger partial charge is 0.634 e. The molecule has 0 N–H and O–H groups in total. The Morgan fingerprint density at radius 3 is 2.00 bits per heavy atom. The fourth-order valence-corrected chi connectivity index (χ4v) is 1.25. The Labute approximate surface area is 72.2 Å². The first-order valence-electron chi connectivity index (χ1n) is 2.99. The van der Waals surface area contributed by atoms with Crippen LogP contribution in [0.15, 0.2) is 0 Å². The van der Waals surface area contributed by atoms with Crippen LogP contribution in [0.5, 0.6) is 0 Å². The summed E-state index contributed by atoms with van der Waals surface area (Å²) in [5, 5.41) is 0. The molecule has 0 aromatic heterocycles. The number of hydrogen-bond acceptors (Lipinski definition) is 2. The standard InChI is InChI=1S/C4H13B2IN2/c1-8(2)5-6(7)9(3)4/h5H,1-4H3/q+2. The monoisotopic (exact) mass is 238 g/mol. The second-order valence-electron chi connectivity index (χ2n) is 2.66. The number of rotatable bonds is 3. The molecule has 9 heavy (non-hydrogen) atoms. The highest BCUT2D eigenvalue weighted by molar-refractivity contribution is 7.05. The average Bonchev–Trinajstić information content (AvgIpc) is 1.63. The van der Waals surface area contributed by atoms with Gasteiger partial charge in [-0.05, 0) is 14.1 Å². The van der Waals surface area contributed by atoms with Gasteiger partial charge in [0.2, 0.25) is 0 Å². The minimum atomic E-state index is 0.623. The van der Waals surface area contributed by atoms with Crippen molar-refractivity contribution in [3.63, 3.8) is 0 Å². The summed E-state index contributed by atoms with van der Waals surface area (Å²) in [4.78, 5) is 4.40. The van der Waals surface area contributed by atoms with Gasteiger partial charge in [-0.15, -0.1) is 0 Å². The Hall–Kier alpha value is 0.780. The molecule has 2 radical (unpaired) electrons. The summed E-state index contributed by atoms with van der Waals surface area (Å²) < 4.78 is 0.623. The fraction of sp³-hybridized carbons (Fsp3) is 1.00. The molecule has 0 aliphatic carbocycles. The second kappa shape index (κ2) is 4.57. The van der Waals surface area contributed by atoms with E-state index in [1.807, 2.05) is 0 Å². The molecule has 0 heterocycles. The van der Waals surface area contributed by atoms with Crippen LogP contribution in [-0.4, -0.2) is 44.9 Å². The summed E-state index contributed by atoms with van der Waals surface area (Å²) in [7, 11) is 9.50. The van der Waals surface area contributed by atoms with Gasteiger partial charge in [-0.2, -0.15) is 0 Å². The Balaban J connectivity index is 3.38. The molecule has 5 heteroatoms. The molecule has 0 saturated carbocycles. The number of nitrogens with zero attached hydrogens (tertiary/aromatic N) is 2. The molecule has 2 nitrogen and oxygen atoms in total. The van der Waals surface area contributed by atoms with Gasteiger partial charge in [0, 0.05) is 0 Å². The first-order valence-corrected chi connectivity index (χ1v) is 4.24. The SMILES string of the molecule is CN(C)B([I+])B[N+](C)C. The summed E-state index contributed by atoms with van der Waals surface area (Å²) in [5.74, 6) is 0. The van der Waals surface area contributed by atoms with Crippen molar-refractivity contribution < 1.29 is 22.4 Å². The van der Waals surface area contributed by atoms with Crippen molar-refractivity contribution in [2.24, 2.45) is 0 Å². The number of hydrogen-bond donors (Lipinski definition) is 0. The zero-order chi connectivity index (χ0) is 7.44. The van der Waals surface area contributed by atoms with E-state index in [-0.39, 0.29) is 0 Å². The molecule has 0 saturated heterocycles. The van der Waals surface area contributed by atoms with Crippen molar-refractivity contribution in [3.05, 3.63) is 0 Å². The van der Waals surface area contributed by atoms with Crippen molar-refractivity contribution in [2.75, 3.05) is 28.2 Å². The lowest BCUT2D eigenvalue weighted by atomic mass is 9.54. The molecular formula is C4H13B2IN2+2. The maximum absolute atomic E-state index is 2.43. The highest BCUT2D eigenvalue weighted by Gasteiger charge is 2.41. The molecule has 0 amide bonds. The first kappa shape index (κ1) is 9.78. The van der Waals surface area contributed by atoms with Crippen LogP contribution in [0.2, 0.25) is 0 Å². The minimum absolute atomic E-state index is 0.623. The van der Waals surface area contributed by atoms with Crippen molar-refractivity contribution in [1.82, 2.24) is 9.62 Å². The lowest BCUT2D eigenvalue weighted by Crippen LogP contribution is -3.44. The molecule has 0 aliphatic rings. The molecule has 0 aromatic rings. The minimum Gasteiger partial charge on any atom is -0.299 e. The van der Waals surface area contributed by atoms with E-state index in [1.54, 1.807) is 0 Å². The Morgan fingerprint density at radius 1 is 1.44 bits per heavy atom. The van der Waals surface area contributed by atoms with Gasteiger partial charge in [-0.25, -0.2) is 0 Å². The van der Waals surface area contributed by atoms with E-state index >= 15 is 0 Å². The fourth-order valence-electron chi connectivity index (χ4n) is 0.465. The molecule has 0 aliphatic heterocycles. The van der Waals surface area contributed by atoms with Crippen molar-refractivity contribution in [2.45, 2.75) is 0 Å². The van der Waals surface area contributed by atoms with E-state index in [1.165, 1.54) is 0 Å². The van der Waals surface area contributed by atoms with Gasteiger partial charge in [0.25, 0.3) is 0 Å². The summed E-state index contributed by atoms with van der Waals surface area (Å²) in [6.45, 7) is 0. The van der Waals surface area contributed by atoms with E-state index in [0.29, 0.717) is 4.59 Å².